The number of benzene rings is 2. The number of anilines is 1. The van der Waals surface area contributed by atoms with Crippen LogP contribution in [0.4, 0.5) is 20.2 Å². The Kier molecular flexibility index (Phi) is 8.12. The summed E-state index contributed by atoms with van der Waals surface area (Å²) >= 11 is 6.23. The lowest BCUT2D eigenvalue weighted by Crippen LogP contribution is -2.29. The molecule has 0 atom stereocenters. The number of phenols is 1. The maximum Gasteiger partial charge on any atom is 0.387 e. The predicted octanol–water partition coefficient (Wildman–Crippen LogP) is 4.52. The molecule has 0 unspecified atom stereocenters. The molecule has 0 aliphatic carbocycles. The van der Waals surface area contributed by atoms with Crippen LogP contribution in [0.5, 0.6) is 11.5 Å². The molecule has 3 rings (SSSR count). The van der Waals surface area contributed by atoms with E-state index in [0.717, 1.165) is 30.0 Å². The first kappa shape index (κ1) is 25.1. The lowest BCUT2D eigenvalue weighted by atomic mass is 10.2. The van der Waals surface area contributed by atoms with E-state index in [1.54, 1.807) is 6.07 Å². The summed E-state index contributed by atoms with van der Waals surface area (Å²) in [5.41, 5.74) is -0.102. The van der Waals surface area contributed by atoms with Crippen LogP contribution in [0.15, 0.2) is 47.4 Å². The summed E-state index contributed by atoms with van der Waals surface area (Å²) in [6, 6.07) is 9.27. The predicted molar refractivity (Wildman–Crippen MR) is 126 cm³/mol. The minimum Gasteiger partial charge on any atom is -0.506 e. The van der Waals surface area contributed by atoms with Gasteiger partial charge in [-0.25, -0.2) is 0 Å². The van der Waals surface area contributed by atoms with Crippen molar-refractivity contribution in [1.82, 2.24) is 4.90 Å². The molecule has 13 heteroatoms. The number of ether oxygens (including phenoxy) is 1. The number of halogens is 2. The molecule has 1 aliphatic rings. The van der Waals surface area contributed by atoms with E-state index in [9.17, 15) is 33.6 Å². The average Bonchev–Trinajstić information content (AvgIpc) is 3.03. The number of nitro benzene ring substituents is 1. The van der Waals surface area contributed by atoms with Gasteiger partial charge in [0.15, 0.2) is 0 Å². The second kappa shape index (κ2) is 11.0. The summed E-state index contributed by atoms with van der Waals surface area (Å²) in [6.07, 6.45) is 1.57. The van der Waals surface area contributed by atoms with Gasteiger partial charge in [-0.2, -0.15) is 8.78 Å². The Bertz CT molecular complexity index is 1170. The van der Waals surface area contributed by atoms with Crippen LogP contribution in [0, 0.1) is 10.1 Å². The summed E-state index contributed by atoms with van der Waals surface area (Å²) in [5.74, 6) is -1.35. The van der Waals surface area contributed by atoms with Crippen molar-refractivity contribution in [2.45, 2.75) is 19.5 Å². The zero-order chi connectivity index (χ0) is 24.8. The molecule has 2 aromatic rings. The van der Waals surface area contributed by atoms with Gasteiger partial charge in [-0.1, -0.05) is 42.2 Å². The lowest BCUT2D eigenvalue weighted by molar-refractivity contribution is -0.384. The van der Waals surface area contributed by atoms with Crippen molar-refractivity contribution < 1.29 is 33.1 Å². The standard InChI is InChI=1S/C21H17F2N3O6S2/c22-20(23)32-16-5-2-1-4-12(16)10-17-19(29)25(21(33)34-17)9-3-6-18(28)24-14-11-13(26(30)31)7-8-15(14)27/h1-2,4-5,7-8,10-11,20,27H,3,6,9H2,(H,24,28)/b17-10-. The number of hydrogen-bond donors (Lipinski definition) is 2. The average molecular weight is 510 g/mol. The number of phenolic OH excluding ortho intramolecular Hbond substituents is 1. The van der Waals surface area contributed by atoms with Crippen molar-refractivity contribution in [1.29, 1.82) is 0 Å². The molecule has 2 aromatic carbocycles. The molecule has 9 nitrogen and oxygen atoms in total. The van der Waals surface area contributed by atoms with Crippen molar-refractivity contribution in [2.75, 3.05) is 11.9 Å². The molecule has 2 amide bonds. The summed E-state index contributed by atoms with van der Waals surface area (Å²) in [6.45, 7) is -2.90. The molecule has 0 aromatic heterocycles. The van der Waals surface area contributed by atoms with Crippen molar-refractivity contribution in [3.05, 3.63) is 63.0 Å². The number of thioether (sulfide) groups is 1. The van der Waals surface area contributed by atoms with Gasteiger partial charge in [0.2, 0.25) is 5.91 Å². The van der Waals surface area contributed by atoms with E-state index in [2.05, 4.69) is 10.1 Å². The van der Waals surface area contributed by atoms with Gasteiger partial charge in [-0.3, -0.25) is 24.6 Å². The van der Waals surface area contributed by atoms with Crippen LogP contribution in [-0.2, 0) is 9.59 Å². The van der Waals surface area contributed by atoms with Gasteiger partial charge < -0.3 is 15.2 Å². The van der Waals surface area contributed by atoms with Crippen LogP contribution in [0.3, 0.4) is 0 Å². The minimum absolute atomic E-state index is 0.0523. The number of nitrogens with one attached hydrogen (secondary N) is 1. The SMILES string of the molecule is O=C(CCCN1C(=O)/C(=C/c2ccccc2OC(F)F)SC1=S)Nc1cc([N+](=O)[O-])ccc1O. The number of amides is 2. The monoisotopic (exact) mass is 509 g/mol. The molecule has 1 aliphatic heterocycles. The second-order valence-corrected chi connectivity index (χ2v) is 8.54. The number of hydrogen-bond acceptors (Lipinski definition) is 8. The van der Waals surface area contributed by atoms with E-state index < -0.39 is 23.3 Å². The second-order valence-electron chi connectivity index (χ2n) is 6.86. The third-order valence-corrected chi connectivity index (χ3v) is 5.92. The molecule has 0 spiro atoms. The quantitative estimate of drug-likeness (QED) is 0.166. The minimum atomic E-state index is -3.01. The fourth-order valence-corrected chi connectivity index (χ4v) is 4.28. The Morgan fingerprint density at radius 2 is 2.06 bits per heavy atom. The fourth-order valence-electron chi connectivity index (χ4n) is 2.99. The van der Waals surface area contributed by atoms with Crippen molar-refractivity contribution in [3.63, 3.8) is 0 Å². The number of para-hydroxylation sites is 1. The van der Waals surface area contributed by atoms with Gasteiger partial charge >= 0.3 is 6.61 Å². The Morgan fingerprint density at radius 3 is 2.76 bits per heavy atom. The summed E-state index contributed by atoms with van der Waals surface area (Å²) in [4.78, 5) is 36.6. The van der Waals surface area contributed by atoms with E-state index >= 15 is 0 Å². The first-order chi connectivity index (χ1) is 16.2. The number of non-ortho nitro benzene ring substituents is 1. The zero-order valence-electron chi connectivity index (χ0n) is 17.3. The van der Waals surface area contributed by atoms with Gasteiger partial charge in [0.1, 0.15) is 15.8 Å². The Morgan fingerprint density at radius 1 is 1.32 bits per heavy atom. The number of rotatable bonds is 9. The highest BCUT2D eigenvalue weighted by atomic mass is 32.2. The van der Waals surface area contributed by atoms with E-state index in [1.807, 2.05) is 0 Å². The van der Waals surface area contributed by atoms with Crippen LogP contribution >= 0.6 is 24.0 Å². The molecule has 0 saturated carbocycles. The molecule has 1 fully saturated rings. The van der Waals surface area contributed by atoms with Gasteiger partial charge in [-0.15, -0.1) is 0 Å². The van der Waals surface area contributed by atoms with Crippen LogP contribution in [0.1, 0.15) is 18.4 Å². The van der Waals surface area contributed by atoms with Crippen LogP contribution in [0.2, 0.25) is 0 Å². The number of nitro groups is 1. The number of aromatic hydroxyl groups is 1. The highest BCUT2D eigenvalue weighted by Gasteiger charge is 2.32. The van der Waals surface area contributed by atoms with Crippen molar-refractivity contribution >= 4 is 57.6 Å². The summed E-state index contributed by atoms with van der Waals surface area (Å²) in [5, 5.41) is 23.0. The maximum absolute atomic E-state index is 12.7. The third kappa shape index (κ3) is 6.26. The van der Waals surface area contributed by atoms with E-state index in [0.29, 0.717) is 5.56 Å². The Labute approximate surface area is 201 Å². The summed E-state index contributed by atoms with van der Waals surface area (Å²) in [7, 11) is 0. The van der Waals surface area contributed by atoms with Crippen LogP contribution in [-0.4, -0.2) is 44.2 Å². The van der Waals surface area contributed by atoms with E-state index in [1.165, 1.54) is 29.2 Å². The van der Waals surface area contributed by atoms with E-state index in [-0.39, 0.29) is 51.5 Å². The first-order valence-corrected chi connectivity index (χ1v) is 10.9. The third-order valence-electron chi connectivity index (χ3n) is 4.55. The van der Waals surface area contributed by atoms with Crippen LogP contribution < -0.4 is 10.1 Å². The van der Waals surface area contributed by atoms with Gasteiger partial charge in [0.05, 0.1) is 15.5 Å². The molecule has 0 radical (unpaired) electrons. The molecule has 178 valence electrons. The Hall–Kier alpha value is -3.58. The number of thiocarbonyl (C=S) groups is 1. The molecule has 0 bridgehead atoms. The van der Waals surface area contributed by atoms with Crippen molar-refractivity contribution in [2.24, 2.45) is 0 Å². The fraction of sp³-hybridized carbons (Fsp3) is 0.190. The van der Waals surface area contributed by atoms with Crippen LogP contribution in [0.25, 0.3) is 6.08 Å². The highest BCUT2D eigenvalue weighted by Crippen LogP contribution is 2.35. The number of nitrogens with zero attached hydrogens (tertiary/aromatic N) is 2. The molecular weight excluding hydrogens is 492 g/mol. The summed E-state index contributed by atoms with van der Waals surface area (Å²) < 4.78 is 29.9. The number of carbonyl (C=O) groups is 2. The Balaban J connectivity index is 1.59. The number of carbonyl (C=O) groups excluding carboxylic acids is 2. The van der Waals surface area contributed by atoms with Gasteiger partial charge in [0.25, 0.3) is 11.6 Å². The molecule has 1 saturated heterocycles. The molecule has 1 heterocycles. The smallest absolute Gasteiger partial charge is 0.387 e. The van der Waals surface area contributed by atoms with Gasteiger partial charge in [0, 0.05) is 30.7 Å². The largest absolute Gasteiger partial charge is 0.506 e. The molecule has 34 heavy (non-hydrogen) atoms. The topological polar surface area (TPSA) is 122 Å². The normalized spacial score (nSPS) is 14.7. The molecular formula is C21H17F2N3O6S2. The first-order valence-electron chi connectivity index (χ1n) is 9.72. The lowest BCUT2D eigenvalue weighted by Gasteiger charge is -2.14. The molecule has 2 N–H and O–H groups in total. The van der Waals surface area contributed by atoms with Crippen molar-refractivity contribution in [3.8, 4) is 11.5 Å². The maximum atomic E-state index is 12.7. The number of alkyl halides is 2. The highest BCUT2D eigenvalue weighted by molar-refractivity contribution is 8.26. The zero-order valence-corrected chi connectivity index (χ0v) is 18.9. The van der Waals surface area contributed by atoms with E-state index in [4.69, 9.17) is 12.2 Å². The van der Waals surface area contributed by atoms with Gasteiger partial charge in [-0.05, 0) is 24.6 Å².